The highest BCUT2D eigenvalue weighted by Gasteiger charge is 2.25. The second-order valence-corrected chi connectivity index (χ2v) is 9.56. The number of nitrogens with one attached hydrogen (secondary N) is 1. The number of nitro groups is 1. The number of benzene rings is 3. The molecule has 6 nitrogen and oxygen atoms in total. The van der Waals surface area contributed by atoms with E-state index in [0.29, 0.717) is 11.9 Å². The number of amides is 1. The van der Waals surface area contributed by atoms with Gasteiger partial charge in [0.2, 0.25) is 5.91 Å². The fourth-order valence-corrected chi connectivity index (χ4v) is 4.38. The van der Waals surface area contributed by atoms with Crippen molar-refractivity contribution in [3.05, 3.63) is 112 Å². The summed E-state index contributed by atoms with van der Waals surface area (Å²) in [5.74, 6) is -0.627. The molecule has 0 aliphatic heterocycles. The summed E-state index contributed by atoms with van der Waals surface area (Å²) in [7, 11) is 0. The third-order valence-corrected chi connectivity index (χ3v) is 6.73. The predicted molar refractivity (Wildman–Crippen MR) is 139 cm³/mol. The lowest BCUT2D eigenvalue weighted by Crippen LogP contribution is -2.36. The minimum absolute atomic E-state index is 0.00752. The van der Waals surface area contributed by atoms with Crippen molar-refractivity contribution in [2.24, 2.45) is 5.92 Å². The number of nitro benzene ring substituents is 1. The molecule has 0 aliphatic carbocycles. The summed E-state index contributed by atoms with van der Waals surface area (Å²) in [6.45, 7) is 6.61. The molecular formula is C29H30FN3O3. The molecule has 1 aromatic heterocycles. The Morgan fingerprint density at radius 1 is 1.03 bits per heavy atom. The number of carbonyl (C=O) groups excluding carboxylic acids is 1. The number of nitrogens with zero attached hydrogens (tertiary/aromatic N) is 2. The Labute approximate surface area is 209 Å². The van der Waals surface area contributed by atoms with Gasteiger partial charge >= 0.3 is 0 Å². The normalized spacial score (nSPS) is 13.0. The van der Waals surface area contributed by atoms with Gasteiger partial charge in [-0.15, -0.1) is 0 Å². The van der Waals surface area contributed by atoms with Crippen molar-refractivity contribution in [2.75, 3.05) is 0 Å². The number of carbonyl (C=O) groups is 1. The summed E-state index contributed by atoms with van der Waals surface area (Å²) >= 11 is 0. The van der Waals surface area contributed by atoms with Crippen LogP contribution >= 0.6 is 0 Å². The Kier molecular flexibility index (Phi) is 7.48. The van der Waals surface area contributed by atoms with Crippen LogP contribution in [0.25, 0.3) is 10.9 Å². The van der Waals surface area contributed by atoms with Gasteiger partial charge in [0, 0.05) is 54.2 Å². The molecule has 3 aromatic carbocycles. The smallest absolute Gasteiger partial charge is 0.270 e. The highest BCUT2D eigenvalue weighted by Crippen LogP contribution is 2.37. The summed E-state index contributed by atoms with van der Waals surface area (Å²) in [6.07, 6.45) is 2.10. The average Bonchev–Trinajstić information content (AvgIpc) is 3.21. The molecule has 0 aliphatic rings. The third kappa shape index (κ3) is 5.62. The van der Waals surface area contributed by atoms with Crippen LogP contribution in [0, 0.1) is 21.8 Å². The molecule has 0 saturated heterocycles. The lowest BCUT2D eigenvalue weighted by atomic mass is 9.87. The van der Waals surface area contributed by atoms with E-state index in [1.54, 1.807) is 24.3 Å². The van der Waals surface area contributed by atoms with E-state index in [1.165, 1.54) is 18.2 Å². The maximum absolute atomic E-state index is 13.8. The highest BCUT2D eigenvalue weighted by atomic mass is 19.1. The molecule has 0 bridgehead atoms. The third-order valence-electron chi connectivity index (χ3n) is 6.73. The van der Waals surface area contributed by atoms with Gasteiger partial charge in [-0.05, 0) is 47.7 Å². The van der Waals surface area contributed by atoms with Crippen LogP contribution in [-0.4, -0.2) is 21.4 Å². The van der Waals surface area contributed by atoms with Crippen LogP contribution in [0.15, 0.2) is 79.0 Å². The first-order valence-corrected chi connectivity index (χ1v) is 12.1. The van der Waals surface area contributed by atoms with Crippen molar-refractivity contribution >= 4 is 22.5 Å². The summed E-state index contributed by atoms with van der Waals surface area (Å²) in [6, 6.07) is 20.9. The average molecular weight is 488 g/mol. The Morgan fingerprint density at radius 3 is 2.36 bits per heavy atom. The first-order valence-electron chi connectivity index (χ1n) is 12.1. The molecule has 0 radical (unpaired) electrons. The molecule has 186 valence electrons. The van der Waals surface area contributed by atoms with Crippen LogP contribution in [0.2, 0.25) is 0 Å². The van der Waals surface area contributed by atoms with Crippen molar-refractivity contribution in [1.82, 2.24) is 9.88 Å². The monoisotopic (exact) mass is 487 g/mol. The Morgan fingerprint density at radius 2 is 1.72 bits per heavy atom. The van der Waals surface area contributed by atoms with Crippen LogP contribution in [0.4, 0.5) is 10.1 Å². The van der Waals surface area contributed by atoms with Crippen LogP contribution < -0.4 is 5.32 Å². The number of rotatable bonds is 9. The molecule has 7 heteroatoms. The lowest BCUT2D eigenvalue weighted by molar-refractivity contribution is -0.384. The Hall–Kier alpha value is -4.00. The largest absolute Gasteiger partial charge is 0.353 e. The van der Waals surface area contributed by atoms with Gasteiger partial charge < -0.3 is 9.88 Å². The van der Waals surface area contributed by atoms with Crippen molar-refractivity contribution in [3.8, 4) is 0 Å². The maximum Gasteiger partial charge on any atom is 0.270 e. The summed E-state index contributed by atoms with van der Waals surface area (Å²) < 4.78 is 15.8. The topological polar surface area (TPSA) is 77.2 Å². The molecule has 1 N–H and O–H groups in total. The zero-order chi connectivity index (χ0) is 25.8. The molecular weight excluding hydrogens is 457 g/mol. The molecule has 4 aromatic rings. The van der Waals surface area contributed by atoms with E-state index in [9.17, 15) is 19.3 Å². The van der Waals surface area contributed by atoms with Gasteiger partial charge in [0.1, 0.15) is 5.82 Å². The summed E-state index contributed by atoms with van der Waals surface area (Å²) in [5.41, 5.74) is 3.47. The fourth-order valence-electron chi connectivity index (χ4n) is 4.38. The number of halogens is 1. The van der Waals surface area contributed by atoms with E-state index in [1.807, 2.05) is 57.3 Å². The van der Waals surface area contributed by atoms with Crippen molar-refractivity contribution in [3.63, 3.8) is 0 Å². The molecule has 1 heterocycles. The molecule has 36 heavy (non-hydrogen) atoms. The standard InChI is InChI=1S/C29H30FN3O3/c1-19(2)20(3)31-29(34)16-25(22-9-11-23(30)12-10-22)27-18-32(17-21-7-5-4-6-8-21)28-14-13-24(33(35)36)15-26(27)28/h4-15,18-20,25H,16-17H2,1-3H3,(H,31,34)/t20-,25-/m0/s1. The van der Waals surface area contributed by atoms with E-state index in [4.69, 9.17) is 0 Å². The van der Waals surface area contributed by atoms with Gasteiger partial charge in [0.25, 0.3) is 5.69 Å². The number of aromatic nitrogens is 1. The Balaban J connectivity index is 1.83. The number of hydrogen-bond acceptors (Lipinski definition) is 3. The fraction of sp³-hybridized carbons (Fsp3) is 0.276. The van der Waals surface area contributed by atoms with Crippen LogP contribution in [0.5, 0.6) is 0 Å². The summed E-state index contributed by atoms with van der Waals surface area (Å²) in [5, 5.41) is 15.4. The second-order valence-electron chi connectivity index (χ2n) is 9.56. The van der Waals surface area contributed by atoms with Gasteiger partial charge in [0.05, 0.1) is 4.92 Å². The number of hydrogen-bond donors (Lipinski definition) is 1. The zero-order valence-corrected chi connectivity index (χ0v) is 20.6. The number of non-ortho nitro benzene ring substituents is 1. The van der Waals surface area contributed by atoms with Gasteiger partial charge in [-0.2, -0.15) is 0 Å². The van der Waals surface area contributed by atoms with Crippen LogP contribution in [0.1, 0.15) is 49.8 Å². The predicted octanol–water partition coefficient (Wildman–Crippen LogP) is 6.42. The van der Waals surface area contributed by atoms with E-state index < -0.39 is 10.8 Å². The molecule has 0 spiro atoms. The van der Waals surface area contributed by atoms with E-state index in [2.05, 4.69) is 9.88 Å². The summed E-state index contributed by atoms with van der Waals surface area (Å²) in [4.78, 5) is 24.3. The molecule has 1 amide bonds. The molecule has 0 unspecified atom stereocenters. The van der Waals surface area contributed by atoms with Crippen LogP contribution in [-0.2, 0) is 11.3 Å². The molecule has 0 fully saturated rings. The van der Waals surface area contributed by atoms with Crippen molar-refractivity contribution in [1.29, 1.82) is 0 Å². The Bertz CT molecular complexity index is 1360. The van der Waals surface area contributed by atoms with Gasteiger partial charge in [-0.1, -0.05) is 56.3 Å². The van der Waals surface area contributed by atoms with Gasteiger partial charge in [0.15, 0.2) is 0 Å². The quantitative estimate of drug-likeness (QED) is 0.219. The first kappa shape index (κ1) is 25.1. The van der Waals surface area contributed by atoms with E-state index in [-0.39, 0.29) is 35.8 Å². The minimum atomic E-state index is -0.415. The first-order chi connectivity index (χ1) is 17.2. The van der Waals surface area contributed by atoms with Crippen LogP contribution in [0.3, 0.4) is 0 Å². The minimum Gasteiger partial charge on any atom is -0.353 e. The maximum atomic E-state index is 13.8. The molecule has 0 saturated carbocycles. The van der Waals surface area contributed by atoms with E-state index >= 15 is 0 Å². The SMILES string of the molecule is CC(C)[C@H](C)NC(=O)C[C@@H](c1ccc(F)cc1)c1cn(Cc2ccccc2)c2ccc([N+](=O)[O-])cc12. The van der Waals surface area contributed by atoms with Crippen molar-refractivity contribution in [2.45, 2.75) is 45.7 Å². The second kappa shape index (κ2) is 10.7. The van der Waals surface area contributed by atoms with Gasteiger partial charge in [-0.3, -0.25) is 14.9 Å². The highest BCUT2D eigenvalue weighted by molar-refractivity contribution is 5.88. The van der Waals surface area contributed by atoms with Gasteiger partial charge in [-0.25, -0.2) is 4.39 Å². The molecule has 4 rings (SSSR count). The zero-order valence-electron chi connectivity index (χ0n) is 20.6. The molecule has 2 atom stereocenters. The van der Waals surface area contributed by atoms with Crippen molar-refractivity contribution < 1.29 is 14.1 Å². The van der Waals surface area contributed by atoms with E-state index in [0.717, 1.165) is 22.2 Å². The lowest BCUT2D eigenvalue weighted by Gasteiger charge is -2.21. The number of fused-ring (bicyclic) bond motifs is 1.